The Morgan fingerprint density at radius 2 is 1.89 bits per heavy atom. The largest absolute Gasteiger partial charge is 0.481 e. The van der Waals surface area contributed by atoms with E-state index in [0.717, 1.165) is 42.7 Å². The van der Waals surface area contributed by atoms with Crippen LogP contribution < -0.4 is 0 Å². The second kappa shape index (κ2) is 4.27. The van der Waals surface area contributed by atoms with Gasteiger partial charge in [0.1, 0.15) is 0 Å². The molecule has 0 aliphatic heterocycles. The third-order valence-electron chi connectivity index (χ3n) is 4.58. The molecule has 0 unspecified atom stereocenters. The first kappa shape index (κ1) is 12.0. The number of hydrogen-bond donors (Lipinski definition) is 1. The first-order valence-electron chi connectivity index (χ1n) is 6.69. The average molecular weight is 265 g/mol. The fraction of sp³-hybridized carbons (Fsp3) is 0.533. The highest BCUT2D eigenvalue weighted by atomic mass is 35.5. The van der Waals surface area contributed by atoms with Crippen LogP contribution in [-0.4, -0.2) is 11.1 Å². The SMILES string of the molecule is O=C(O)C1(c2cc(Cl)c3c(c2)CCCC3)CCC1. The van der Waals surface area contributed by atoms with E-state index in [1.807, 2.05) is 6.07 Å². The maximum Gasteiger partial charge on any atom is 0.314 e. The Morgan fingerprint density at radius 3 is 2.50 bits per heavy atom. The van der Waals surface area contributed by atoms with Gasteiger partial charge >= 0.3 is 5.97 Å². The quantitative estimate of drug-likeness (QED) is 0.884. The van der Waals surface area contributed by atoms with Crippen molar-refractivity contribution in [1.29, 1.82) is 0 Å². The molecule has 3 rings (SSSR count). The minimum atomic E-state index is -0.694. The molecule has 1 aromatic rings. The molecule has 0 saturated heterocycles. The Bertz CT molecular complexity index is 503. The van der Waals surface area contributed by atoms with Gasteiger partial charge in [0.05, 0.1) is 5.41 Å². The molecular weight excluding hydrogens is 248 g/mol. The summed E-state index contributed by atoms with van der Waals surface area (Å²) in [5.74, 6) is -0.694. The van der Waals surface area contributed by atoms with E-state index in [0.29, 0.717) is 0 Å². The zero-order chi connectivity index (χ0) is 12.8. The number of rotatable bonds is 2. The number of aliphatic carboxylic acids is 1. The van der Waals surface area contributed by atoms with Crippen molar-refractivity contribution in [3.63, 3.8) is 0 Å². The first-order valence-corrected chi connectivity index (χ1v) is 7.06. The van der Waals surface area contributed by atoms with E-state index < -0.39 is 11.4 Å². The van der Waals surface area contributed by atoms with Crippen molar-refractivity contribution >= 4 is 17.6 Å². The molecule has 3 heteroatoms. The summed E-state index contributed by atoms with van der Waals surface area (Å²) in [4.78, 5) is 11.5. The van der Waals surface area contributed by atoms with Crippen LogP contribution in [0, 0.1) is 0 Å². The van der Waals surface area contributed by atoms with Gasteiger partial charge in [-0.05, 0) is 61.3 Å². The lowest BCUT2D eigenvalue weighted by atomic mass is 9.64. The molecule has 2 aliphatic carbocycles. The number of halogens is 1. The van der Waals surface area contributed by atoms with Crippen LogP contribution >= 0.6 is 11.6 Å². The van der Waals surface area contributed by atoms with E-state index >= 15 is 0 Å². The maximum atomic E-state index is 11.5. The van der Waals surface area contributed by atoms with Crippen LogP contribution in [0.1, 0.15) is 48.8 Å². The van der Waals surface area contributed by atoms with Gasteiger partial charge in [0.25, 0.3) is 0 Å². The number of hydrogen-bond acceptors (Lipinski definition) is 1. The lowest BCUT2D eigenvalue weighted by Crippen LogP contribution is -2.42. The smallest absolute Gasteiger partial charge is 0.314 e. The third kappa shape index (κ3) is 1.66. The van der Waals surface area contributed by atoms with E-state index in [1.165, 1.54) is 24.0 Å². The van der Waals surface area contributed by atoms with Crippen molar-refractivity contribution in [2.24, 2.45) is 0 Å². The second-order valence-electron chi connectivity index (χ2n) is 5.54. The predicted molar refractivity (Wildman–Crippen MR) is 71.3 cm³/mol. The van der Waals surface area contributed by atoms with E-state index in [1.54, 1.807) is 0 Å². The molecule has 0 bridgehead atoms. The number of aryl methyl sites for hydroxylation is 1. The maximum absolute atomic E-state index is 11.5. The molecule has 0 heterocycles. The number of benzene rings is 1. The summed E-state index contributed by atoms with van der Waals surface area (Å²) in [5, 5.41) is 10.3. The van der Waals surface area contributed by atoms with Crippen LogP contribution in [0.15, 0.2) is 12.1 Å². The van der Waals surface area contributed by atoms with Crippen LogP contribution in [0.25, 0.3) is 0 Å². The number of carboxylic acids is 1. The highest BCUT2D eigenvalue weighted by Crippen LogP contribution is 2.46. The fourth-order valence-corrected chi connectivity index (χ4v) is 3.58. The first-order chi connectivity index (χ1) is 8.63. The standard InChI is InChI=1S/C15H17ClO2/c16-13-9-11(15(14(17)18)6-3-7-15)8-10-4-1-2-5-12(10)13/h8-9H,1-7H2,(H,17,18). The van der Waals surface area contributed by atoms with Gasteiger partial charge in [-0.1, -0.05) is 24.1 Å². The molecule has 0 amide bonds. The molecule has 0 atom stereocenters. The summed E-state index contributed by atoms with van der Waals surface area (Å²) < 4.78 is 0. The summed E-state index contributed by atoms with van der Waals surface area (Å²) in [6, 6.07) is 4.01. The lowest BCUT2D eigenvalue weighted by Gasteiger charge is -2.39. The third-order valence-corrected chi connectivity index (χ3v) is 4.92. The lowest BCUT2D eigenvalue weighted by molar-refractivity contribution is -0.147. The van der Waals surface area contributed by atoms with Crippen LogP contribution in [0.2, 0.25) is 5.02 Å². The number of carboxylic acid groups (broad SMARTS) is 1. The van der Waals surface area contributed by atoms with Crippen molar-refractivity contribution in [3.05, 3.63) is 33.8 Å². The Hall–Kier alpha value is -1.02. The molecule has 0 radical (unpaired) electrons. The Kier molecular flexibility index (Phi) is 2.86. The molecule has 1 N–H and O–H groups in total. The van der Waals surface area contributed by atoms with Crippen LogP contribution in [-0.2, 0) is 23.1 Å². The summed E-state index contributed by atoms with van der Waals surface area (Å²) in [5.41, 5.74) is 2.78. The minimum absolute atomic E-state index is 0.657. The van der Waals surface area contributed by atoms with Crippen molar-refractivity contribution in [2.45, 2.75) is 50.4 Å². The van der Waals surface area contributed by atoms with E-state index in [2.05, 4.69) is 6.07 Å². The van der Waals surface area contributed by atoms with Gasteiger partial charge in [-0.2, -0.15) is 0 Å². The van der Waals surface area contributed by atoms with Gasteiger partial charge in [-0.25, -0.2) is 0 Å². The molecule has 96 valence electrons. The van der Waals surface area contributed by atoms with Crippen molar-refractivity contribution < 1.29 is 9.90 Å². The molecule has 1 saturated carbocycles. The Labute approximate surface area is 112 Å². The van der Waals surface area contributed by atoms with Crippen LogP contribution in [0.5, 0.6) is 0 Å². The molecule has 0 aromatic heterocycles. The highest BCUT2D eigenvalue weighted by molar-refractivity contribution is 6.31. The molecule has 1 aromatic carbocycles. The minimum Gasteiger partial charge on any atom is -0.481 e. The van der Waals surface area contributed by atoms with Gasteiger partial charge in [0, 0.05) is 5.02 Å². The van der Waals surface area contributed by atoms with Gasteiger partial charge in [0.2, 0.25) is 0 Å². The van der Waals surface area contributed by atoms with Gasteiger partial charge in [-0.3, -0.25) is 4.79 Å². The average Bonchev–Trinajstić information content (AvgIpc) is 2.27. The van der Waals surface area contributed by atoms with Crippen molar-refractivity contribution in [2.75, 3.05) is 0 Å². The summed E-state index contributed by atoms with van der Waals surface area (Å²) in [7, 11) is 0. The highest BCUT2D eigenvalue weighted by Gasteiger charge is 2.46. The van der Waals surface area contributed by atoms with Gasteiger partial charge in [-0.15, -0.1) is 0 Å². The summed E-state index contributed by atoms with van der Waals surface area (Å²) in [6.07, 6.45) is 6.95. The molecule has 0 spiro atoms. The molecule has 2 nitrogen and oxygen atoms in total. The molecule has 2 aliphatic rings. The van der Waals surface area contributed by atoms with E-state index in [9.17, 15) is 9.90 Å². The van der Waals surface area contributed by atoms with Crippen molar-refractivity contribution in [3.8, 4) is 0 Å². The van der Waals surface area contributed by atoms with E-state index in [-0.39, 0.29) is 0 Å². The summed E-state index contributed by atoms with van der Waals surface area (Å²) >= 11 is 6.35. The topological polar surface area (TPSA) is 37.3 Å². The fourth-order valence-electron chi connectivity index (χ4n) is 3.25. The Balaban J connectivity index is 2.08. The predicted octanol–water partition coefficient (Wildman–Crippen LogP) is 3.73. The number of carbonyl (C=O) groups is 1. The van der Waals surface area contributed by atoms with Crippen molar-refractivity contribution in [1.82, 2.24) is 0 Å². The number of fused-ring (bicyclic) bond motifs is 1. The van der Waals surface area contributed by atoms with Crippen LogP contribution in [0.3, 0.4) is 0 Å². The second-order valence-corrected chi connectivity index (χ2v) is 5.95. The van der Waals surface area contributed by atoms with Gasteiger partial charge in [0.15, 0.2) is 0 Å². The molecule has 18 heavy (non-hydrogen) atoms. The van der Waals surface area contributed by atoms with Gasteiger partial charge < -0.3 is 5.11 Å². The normalized spacial score (nSPS) is 20.9. The summed E-state index contributed by atoms with van der Waals surface area (Å²) in [6.45, 7) is 0. The Morgan fingerprint density at radius 1 is 1.17 bits per heavy atom. The monoisotopic (exact) mass is 264 g/mol. The zero-order valence-electron chi connectivity index (χ0n) is 10.3. The van der Waals surface area contributed by atoms with E-state index in [4.69, 9.17) is 11.6 Å². The van der Waals surface area contributed by atoms with Crippen LogP contribution in [0.4, 0.5) is 0 Å². The molecule has 1 fully saturated rings. The molecular formula is C15H17ClO2. The zero-order valence-corrected chi connectivity index (χ0v) is 11.1.